The van der Waals surface area contributed by atoms with Crippen molar-refractivity contribution in [2.24, 2.45) is 5.92 Å². The van der Waals surface area contributed by atoms with E-state index in [9.17, 15) is 14.0 Å². The number of nitrogens with one attached hydrogen (secondary N) is 2. The summed E-state index contributed by atoms with van der Waals surface area (Å²) in [6, 6.07) is 4.75. The molecule has 0 aliphatic carbocycles. The molecule has 0 radical (unpaired) electrons. The van der Waals surface area contributed by atoms with E-state index >= 15 is 0 Å². The zero-order chi connectivity index (χ0) is 21.4. The molecule has 2 amide bonds. The van der Waals surface area contributed by atoms with Gasteiger partial charge in [-0.25, -0.2) is 4.39 Å². The van der Waals surface area contributed by atoms with Gasteiger partial charge >= 0.3 is 0 Å². The predicted molar refractivity (Wildman–Crippen MR) is 116 cm³/mol. The van der Waals surface area contributed by atoms with Gasteiger partial charge in [-0.2, -0.15) is 0 Å². The molecule has 1 fully saturated rings. The Labute approximate surface area is 177 Å². The van der Waals surface area contributed by atoms with Crippen molar-refractivity contribution in [3.05, 3.63) is 35.6 Å². The summed E-state index contributed by atoms with van der Waals surface area (Å²) < 4.78 is 13.2. The van der Waals surface area contributed by atoms with Crippen LogP contribution in [-0.4, -0.2) is 65.5 Å². The Hall–Kier alpha value is -2.22. The number of likely N-dealkylation sites (tertiary alicyclic amines) is 1. The summed E-state index contributed by atoms with van der Waals surface area (Å²) >= 11 is 5.39. The Morgan fingerprint density at radius 3 is 2.28 bits per heavy atom. The largest absolute Gasteiger partial charge is 0.363 e. The van der Waals surface area contributed by atoms with Gasteiger partial charge in [0.1, 0.15) is 11.9 Å². The maximum atomic E-state index is 13.2. The molecule has 0 aromatic heterocycles. The second-order valence-electron chi connectivity index (χ2n) is 7.13. The molecule has 160 valence electrons. The molecule has 0 saturated carbocycles. The third-order valence-corrected chi connectivity index (χ3v) is 5.76. The van der Waals surface area contributed by atoms with E-state index < -0.39 is 11.9 Å². The SMILES string of the molecule is CCNC(=S)N1CCC([C@@H](NC(=O)c2ccc(F)cc2)C(=O)N(CC)CC)CC1. The Bertz CT molecular complexity index is 701. The molecule has 8 heteroatoms. The van der Waals surface area contributed by atoms with Gasteiger partial charge in [0.15, 0.2) is 5.11 Å². The monoisotopic (exact) mass is 422 g/mol. The molecular formula is C21H31FN4O2S. The summed E-state index contributed by atoms with van der Waals surface area (Å²) in [4.78, 5) is 29.7. The van der Waals surface area contributed by atoms with Crippen molar-refractivity contribution in [1.82, 2.24) is 20.4 Å². The predicted octanol–water partition coefficient (Wildman–Crippen LogP) is 2.40. The highest BCUT2D eigenvalue weighted by Crippen LogP contribution is 2.23. The van der Waals surface area contributed by atoms with E-state index in [-0.39, 0.29) is 17.7 Å². The Morgan fingerprint density at radius 2 is 1.76 bits per heavy atom. The Morgan fingerprint density at radius 1 is 1.17 bits per heavy atom. The van der Waals surface area contributed by atoms with Gasteiger partial charge in [-0.3, -0.25) is 9.59 Å². The maximum absolute atomic E-state index is 13.2. The minimum Gasteiger partial charge on any atom is -0.363 e. The van der Waals surface area contributed by atoms with E-state index in [1.54, 1.807) is 4.90 Å². The van der Waals surface area contributed by atoms with Crippen LogP contribution in [0.1, 0.15) is 44.0 Å². The second kappa shape index (κ2) is 11.1. The summed E-state index contributed by atoms with van der Waals surface area (Å²) in [6.07, 6.45) is 1.51. The Balaban J connectivity index is 2.13. The number of carbonyl (C=O) groups is 2. The van der Waals surface area contributed by atoms with Crippen LogP contribution < -0.4 is 10.6 Å². The molecule has 1 saturated heterocycles. The first-order valence-corrected chi connectivity index (χ1v) is 10.7. The number of hydrogen-bond donors (Lipinski definition) is 2. The fraction of sp³-hybridized carbons (Fsp3) is 0.571. The van der Waals surface area contributed by atoms with Crippen LogP contribution >= 0.6 is 12.2 Å². The van der Waals surface area contributed by atoms with Crippen molar-refractivity contribution in [2.45, 2.75) is 39.7 Å². The molecule has 6 nitrogen and oxygen atoms in total. The zero-order valence-electron chi connectivity index (χ0n) is 17.4. The fourth-order valence-corrected chi connectivity index (χ4v) is 3.96. The van der Waals surface area contributed by atoms with Gasteiger partial charge in [0.05, 0.1) is 0 Å². The van der Waals surface area contributed by atoms with E-state index in [1.807, 2.05) is 20.8 Å². The van der Waals surface area contributed by atoms with E-state index in [4.69, 9.17) is 12.2 Å². The second-order valence-corrected chi connectivity index (χ2v) is 7.52. The van der Waals surface area contributed by atoms with Crippen molar-refractivity contribution in [3.8, 4) is 0 Å². The van der Waals surface area contributed by atoms with Crippen LogP contribution in [0.4, 0.5) is 4.39 Å². The first kappa shape index (κ1) is 23.1. The molecule has 2 rings (SSSR count). The first-order chi connectivity index (χ1) is 13.9. The van der Waals surface area contributed by atoms with E-state index in [0.29, 0.717) is 18.7 Å². The molecule has 1 atom stereocenters. The minimum absolute atomic E-state index is 0.0215. The molecule has 1 aliphatic rings. The summed E-state index contributed by atoms with van der Waals surface area (Å²) in [6.45, 7) is 9.28. The average Bonchev–Trinajstić information content (AvgIpc) is 2.73. The molecule has 1 aliphatic heterocycles. The van der Waals surface area contributed by atoms with Gasteiger partial charge in [-0.1, -0.05) is 0 Å². The van der Waals surface area contributed by atoms with Crippen molar-refractivity contribution in [1.29, 1.82) is 0 Å². The lowest BCUT2D eigenvalue weighted by molar-refractivity contribution is -0.134. The van der Waals surface area contributed by atoms with Crippen molar-refractivity contribution in [3.63, 3.8) is 0 Å². The lowest BCUT2D eigenvalue weighted by Gasteiger charge is -2.38. The number of carbonyl (C=O) groups excluding carboxylic acids is 2. The van der Waals surface area contributed by atoms with Crippen LogP contribution in [0.3, 0.4) is 0 Å². The van der Waals surface area contributed by atoms with Crippen molar-refractivity contribution in [2.75, 3.05) is 32.7 Å². The first-order valence-electron chi connectivity index (χ1n) is 10.3. The highest BCUT2D eigenvalue weighted by Gasteiger charge is 2.35. The van der Waals surface area contributed by atoms with Gasteiger partial charge in [0.25, 0.3) is 5.91 Å². The third kappa shape index (κ3) is 6.13. The fourth-order valence-electron chi connectivity index (χ4n) is 3.64. The van der Waals surface area contributed by atoms with Crippen LogP contribution in [0.15, 0.2) is 24.3 Å². The molecular weight excluding hydrogens is 391 g/mol. The average molecular weight is 423 g/mol. The molecule has 1 aromatic carbocycles. The standard InChI is InChI=1S/C21H31FN4O2S/c1-4-23-21(29)26-13-11-15(12-14-26)18(20(28)25(5-2)6-3)24-19(27)16-7-9-17(22)10-8-16/h7-10,15,18H,4-6,11-14H2,1-3H3,(H,23,29)(H,24,27)/t18-/m1/s1. The van der Waals surface area contributed by atoms with Crippen molar-refractivity contribution >= 4 is 29.1 Å². The molecule has 0 spiro atoms. The van der Waals surface area contributed by atoms with Gasteiger partial charge in [-0.05, 0) is 76.0 Å². The van der Waals surface area contributed by atoms with Gasteiger partial charge < -0.3 is 20.4 Å². The van der Waals surface area contributed by atoms with E-state index in [2.05, 4.69) is 15.5 Å². The van der Waals surface area contributed by atoms with Crippen LogP contribution in [0, 0.1) is 11.7 Å². The molecule has 29 heavy (non-hydrogen) atoms. The highest BCUT2D eigenvalue weighted by molar-refractivity contribution is 7.80. The number of hydrogen-bond acceptors (Lipinski definition) is 3. The molecule has 2 N–H and O–H groups in total. The number of rotatable bonds is 7. The lowest BCUT2D eigenvalue weighted by Crippen LogP contribution is -2.55. The number of amides is 2. The topological polar surface area (TPSA) is 64.7 Å². The van der Waals surface area contributed by atoms with Crippen LogP contribution in [0.5, 0.6) is 0 Å². The van der Waals surface area contributed by atoms with E-state index in [1.165, 1.54) is 24.3 Å². The highest BCUT2D eigenvalue weighted by atomic mass is 32.1. The number of piperidine rings is 1. The van der Waals surface area contributed by atoms with Gasteiger partial charge in [-0.15, -0.1) is 0 Å². The lowest BCUT2D eigenvalue weighted by atomic mass is 9.88. The van der Waals surface area contributed by atoms with Crippen LogP contribution in [0.25, 0.3) is 0 Å². The quantitative estimate of drug-likeness (QED) is 0.661. The minimum atomic E-state index is -0.609. The van der Waals surface area contributed by atoms with Crippen LogP contribution in [-0.2, 0) is 4.79 Å². The third-order valence-electron chi connectivity index (χ3n) is 5.36. The number of likely N-dealkylation sites (N-methyl/N-ethyl adjacent to an activating group) is 1. The summed E-state index contributed by atoms with van der Waals surface area (Å²) in [7, 11) is 0. The normalized spacial score (nSPS) is 15.5. The molecule has 0 unspecified atom stereocenters. The summed E-state index contributed by atoms with van der Waals surface area (Å²) in [5, 5.41) is 6.81. The smallest absolute Gasteiger partial charge is 0.251 e. The number of thiocarbonyl (C=S) groups is 1. The van der Waals surface area contributed by atoms with Gasteiger partial charge in [0, 0.05) is 38.3 Å². The molecule has 1 aromatic rings. The Kier molecular flexibility index (Phi) is 8.82. The number of benzene rings is 1. The number of nitrogens with zero attached hydrogens (tertiary/aromatic N) is 2. The maximum Gasteiger partial charge on any atom is 0.251 e. The molecule has 1 heterocycles. The van der Waals surface area contributed by atoms with Gasteiger partial charge in [0.2, 0.25) is 5.91 Å². The zero-order valence-corrected chi connectivity index (χ0v) is 18.2. The molecule has 0 bridgehead atoms. The number of halogens is 1. The van der Waals surface area contributed by atoms with Crippen molar-refractivity contribution < 1.29 is 14.0 Å². The van der Waals surface area contributed by atoms with E-state index in [0.717, 1.165) is 37.6 Å². The summed E-state index contributed by atoms with van der Waals surface area (Å²) in [5.41, 5.74) is 0.342. The van der Waals surface area contributed by atoms with Crippen LogP contribution in [0.2, 0.25) is 0 Å². The summed E-state index contributed by atoms with van der Waals surface area (Å²) in [5.74, 6) is -0.811.